The molecule has 4 heteroatoms. The number of amides is 1. The van der Waals surface area contributed by atoms with Crippen LogP contribution in [0.1, 0.15) is 49.5 Å². The monoisotopic (exact) mass is 336 g/mol. The van der Waals surface area contributed by atoms with E-state index in [1.54, 1.807) is 6.20 Å². The third-order valence-corrected chi connectivity index (χ3v) is 5.60. The van der Waals surface area contributed by atoms with Crippen molar-refractivity contribution in [1.82, 2.24) is 9.88 Å². The Kier molecular flexibility index (Phi) is 4.11. The van der Waals surface area contributed by atoms with Crippen molar-refractivity contribution in [2.45, 2.75) is 45.1 Å². The first kappa shape index (κ1) is 14.1. The molecule has 2 heterocycles. The molecule has 1 aromatic rings. The number of nitrogens with zero attached hydrogens (tertiary/aromatic N) is 2. The number of aromatic nitrogens is 1. The molecule has 0 radical (unpaired) electrons. The molecule has 1 aliphatic carbocycles. The molecule has 1 aromatic heterocycles. The van der Waals surface area contributed by atoms with Crippen molar-refractivity contribution in [2.24, 2.45) is 11.8 Å². The van der Waals surface area contributed by atoms with E-state index in [2.05, 4.69) is 32.7 Å². The molecule has 3 atom stereocenters. The SMILES string of the molecule is CC1CCN(C(=O)c2ncccc2Br)C2CCCCC12. The van der Waals surface area contributed by atoms with Crippen molar-refractivity contribution in [1.29, 1.82) is 0 Å². The largest absolute Gasteiger partial charge is 0.334 e. The standard InChI is InChI=1S/C16H21BrN2O/c1-11-8-10-19(14-7-3-2-5-12(11)14)16(20)15-13(17)6-4-9-18-15/h4,6,9,11-12,14H,2-3,5,7-8,10H2,1H3. The molecule has 1 amide bonds. The number of hydrogen-bond acceptors (Lipinski definition) is 2. The lowest BCUT2D eigenvalue weighted by Gasteiger charge is -2.47. The molecule has 108 valence electrons. The summed E-state index contributed by atoms with van der Waals surface area (Å²) in [6.07, 6.45) is 7.83. The minimum Gasteiger partial charge on any atom is -0.334 e. The minimum atomic E-state index is 0.0984. The highest BCUT2D eigenvalue weighted by Crippen LogP contribution is 2.39. The average Bonchev–Trinajstić information content (AvgIpc) is 2.48. The summed E-state index contributed by atoms with van der Waals surface area (Å²) in [5, 5.41) is 0. The van der Waals surface area contributed by atoms with E-state index < -0.39 is 0 Å². The Bertz CT molecular complexity index is 505. The maximum Gasteiger partial charge on any atom is 0.273 e. The Morgan fingerprint density at radius 2 is 2.15 bits per heavy atom. The number of rotatable bonds is 1. The van der Waals surface area contributed by atoms with Crippen LogP contribution in [0.25, 0.3) is 0 Å². The summed E-state index contributed by atoms with van der Waals surface area (Å²) in [7, 11) is 0. The smallest absolute Gasteiger partial charge is 0.273 e. The van der Waals surface area contributed by atoms with Gasteiger partial charge >= 0.3 is 0 Å². The van der Waals surface area contributed by atoms with Crippen LogP contribution in [0.4, 0.5) is 0 Å². The van der Waals surface area contributed by atoms with Crippen LogP contribution in [0.5, 0.6) is 0 Å². The van der Waals surface area contributed by atoms with Gasteiger partial charge in [0.25, 0.3) is 5.91 Å². The predicted octanol–water partition coefficient (Wildman–Crippen LogP) is 3.88. The van der Waals surface area contributed by atoms with Gasteiger partial charge in [0, 0.05) is 23.3 Å². The summed E-state index contributed by atoms with van der Waals surface area (Å²) in [4.78, 5) is 19.2. The lowest BCUT2D eigenvalue weighted by atomic mass is 9.72. The van der Waals surface area contributed by atoms with Crippen molar-refractivity contribution in [3.63, 3.8) is 0 Å². The number of fused-ring (bicyclic) bond motifs is 1. The fourth-order valence-electron chi connectivity index (χ4n) is 3.84. The van der Waals surface area contributed by atoms with Gasteiger partial charge in [-0.05, 0) is 59.2 Å². The van der Waals surface area contributed by atoms with Gasteiger partial charge in [0.2, 0.25) is 0 Å². The van der Waals surface area contributed by atoms with Gasteiger partial charge in [-0.2, -0.15) is 0 Å². The van der Waals surface area contributed by atoms with Crippen molar-refractivity contribution in [3.05, 3.63) is 28.5 Å². The molecule has 20 heavy (non-hydrogen) atoms. The van der Waals surface area contributed by atoms with Crippen LogP contribution in [0.3, 0.4) is 0 Å². The Morgan fingerprint density at radius 3 is 2.95 bits per heavy atom. The van der Waals surface area contributed by atoms with E-state index in [9.17, 15) is 4.79 Å². The quantitative estimate of drug-likeness (QED) is 0.779. The molecule has 0 spiro atoms. The molecule has 0 bridgehead atoms. The van der Waals surface area contributed by atoms with Gasteiger partial charge in [0.05, 0.1) is 0 Å². The molecule has 2 fully saturated rings. The number of halogens is 1. The van der Waals surface area contributed by atoms with E-state index in [-0.39, 0.29) is 5.91 Å². The van der Waals surface area contributed by atoms with Crippen LogP contribution in [0.15, 0.2) is 22.8 Å². The van der Waals surface area contributed by atoms with E-state index in [1.165, 1.54) is 19.3 Å². The van der Waals surface area contributed by atoms with Gasteiger partial charge in [-0.3, -0.25) is 4.79 Å². The second kappa shape index (κ2) is 5.84. The molecule has 1 saturated heterocycles. The topological polar surface area (TPSA) is 33.2 Å². The van der Waals surface area contributed by atoms with Gasteiger partial charge in [-0.1, -0.05) is 19.8 Å². The van der Waals surface area contributed by atoms with E-state index in [4.69, 9.17) is 0 Å². The molecule has 3 rings (SSSR count). The summed E-state index contributed by atoms with van der Waals surface area (Å²) < 4.78 is 0.802. The molecule has 0 N–H and O–H groups in total. The highest BCUT2D eigenvalue weighted by Gasteiger charge is 2.40. The number of likely N-dealkylation sites (tertiary alicyclic amines) is 1. The first-order valence-corrected chi connectivity index (χ1v) is 8.39. The van der Waals surface area contributed by atoms with Crippen LogP contribution in [-0.4, -0.2) is 28.4 Å². The summed E-state index contributed by atoms with van der Waals surface area (Å²) in [5.41, 5.74) is 0.561. The van der Waals surface area contributed by atoms with Gasteiger partial charge in [-0.15, -0.1) is 0 Å². The van der Waals surface area contributed by atoms with Crippen LogP contribution < -0.4 is 0 Å². The number of pyridine rings is 1. The molecule has 3 nitrogen and oxygen atoms in total. The van der Waals surface area contributed by atoms with Crippen LogP contribution in [0.2, 0.25) is 0 Å². The highest BCUT2D eigenvalue weighted by atomic mass is 79.9. The fraction of sp³-hybridized carbons (Fsp3) is 0.625. The van der Waals surface area contributed by atoms with E-state index in [0.717, 1.165) is 29.8 Å². The molecule has 1 saturated carbocycles. The number of carbonyl (C=O) groups excluding carboxylic acids is 1. The summed E-state index contributed by atoms with van der Waals surface area (Å²) in [5.74, 6) is 1.53. The lowest BCUT2D eigenvalue weighted by Crippen LogP contribution is -2.52. The fourth-order valence-corrected chi connectivity index (χ4v) is 4.27. The third-order valence-electron chi connectivity index (χ3n) is 4.96. The molecular weight excluding hydrogens is 316 g/mol. The zero-order chi connectivity index (χ0) is 14.1. The second-order valence-corrected chi connectivity index (χ2v) is 6.97. The molecule has 3 unspecified atom stereocenters. The lowest BCUT2D eigenvalue weighted by molar-refractivity contribution is 0.0212. The second-order valence-electron chi connectivity index (χ2n) is 6.11. The Balaban J connectivity index is 1.85. The van der Waals surface area contributed by atoms with Gasteiger partial charge in [-0.25, -0.2) is 4.98 Å². The Labute approximate surface area is 128 Å². The van der Waals surface area contributed by atoms with Crippen molar-refractivity contribution >= 4 is 21.8 Å². The number of carbonyl (C=O) groups is 1. The van der Waals surface area contributed by atoms with Crippen molar-refractivity contribution < 1.29 is 4.79 Å². The van der Waals surface area contributed by atoms with Gasteiger partial charge < -0.3 is 4.90 Å². The molecular formula is C16H21BrN2O. The van der Waals surface area contributed by atoms with E-state index in [1.807, 2.05) is 12.1 Å². The van der Waals surface area contributed by atoms with Gasteiger partial charge in [0.15, 0.2) is 0 Å². The zero-order valence-corrected chi connectivity index (χ0v) is 13.5. The normalized spacial score (nSPS) is 29.9. The van der Waals surface area contributed by atoms with E-state index >= 15 is 0 Å². The van der Waals surface area contributed by atoms with Crippen molar-refractivity contribution in [2.75, 3.05) is 6.54 Å². The zero-order valence-electron chi connectivity index (χ0n) is 11.9. The summed E-state index contributed by atoms with van der Waals surface area (Å²) in [6, 6.07) is 4.17. The summed E-state index contributed by atoms with van der Waals surface area (Å²) in [6.45, 7) is 3.23. The Hall–Kier alpha value is -0.900. The number of hydrogen-bond donors (Lipinski definition) is 0. The Morgan fingerprint density at radius 1 is 1.35 bits per heavy atom. The molecule has 0 aromatic carbocycles. The minimum absolute atomic E-state index is 0.0984. The maximum absolute atomic E-state index is 12.8. The van der Waals surface area contributed by atoms with Crippen LogP contribution in [-0.2, 0) is 0 Å². The van der Waals surface area contributed by atoms with Gasteiger partial charge in [0.1, 0.15) is 5.69 Å². The first-order valence-electron chi connectivity index (χ1n) is 7.60. The number of piperidine rings is 1. The third kappa shape index (κ3) is 2.50. The highest BCUT2D eigenvalue weighted by molar-refractivity contribution is 9.10. The van der Waals surface area contributed by atoms with Crippen LogP contribution in [0, 0.1) is 11.8 Å². The predicted molar refractivity (Wildman–Crippen MR) is 82.5 cm³/mol. The van der Waals surface area contributed by atoms with E-state index in [0.29, 0.717) is 17.7 Å². The first-order chi connectivity index (χ1) is 9.68. The molecule has 1 aliphatic heterocycles. The van der Waals surface area contributed by atoms with Crippen molar-refractivity contribution in [3.8, 4) is 0 Å². The maximum atomic E-state index is 12.8. The average molecular weight is 337 g/mol. The van der Waals surface area contributed by atoms with Crippen LogP contribution >= 0.6 is 15.9 Å². The summed E-state index contributed by atoms with van der Waals surface area (Å²) >= 11 is 3.45. The molecule has 2 aliphatic rings.